The van der Waals surface area contributed by atoms with Crippen LogP contribution in [-0.4, -0.2) is 42.5 Å². The molecule has 0 spiro atoms. The zero-order chi connectivity index (χ0) is 15.0. The van der Waals surface area contributed by atoms with Crippen molar-refractivity contribution in [3.63, 3.8) is 0 Å². The number of unbranched alkanes of at least 4 members (excludes halogenated alkanes) is 1. The van der Waals surface area contributed by atoms with Gasteiger partial charge in [0.1, 0.15) is 0 Å². The Morgan fingerprint density at radius 2 is 2.00 bits per heavy atom. The lowest BCUT2D eigenvalue weighted by atomic mass is 9.76. The van der Waals surface area contributed by atoms with Crippen LogP contribution in [0.5, 0.6) is 0 Å². The van der Waals surface area contributed by atoms with E-state index in [0.717, 1.165) is 44.7 Å². The van der Waals surface area contributed by atoms with Crippen LogP contribution < -0.4 is 11.1 Å². The number of nitrogens with two attached hydrogens (primary N) is 1. The zero-order valence-corrected chi connectivity index (χ0v) is 13.6. The Morgan fingerprint density at radius 3 is 2.50 bits per heavy atom. The van der Waals surface area contributed by atoms with Gasteiger partial charge in [0, 0.05) is 18.6 Å². The summed E-state index contributed by atoms with van der Waals surface area (Å²) in [5, 5.41) is 3.02. The number of hydrogen-bond acceptors (Lipinski definition) is 3. The third-order valence-electron chi connectivity index (χ3n) is 4.82. The van der Waals surface area contributed by atoms with E-state index < -0.39 is 0 Å². The summed E-state index contributed by atoms with van der Waals surface area (Å²) in [7, 11) is 0. The van der Waals surface area contributed by atoms with Crippen LogP contribution in [0, 0.1) is 5.92 Å². The van der Waals surface area contributed by atoms with Crippen molar-refractivity contribution in [3.05, 3.63) is 0 Å². The second kappa shape index (κ2) is 8.63. The van der Waals surface area contributed by atoms with Gasteiger partial charge in [-0.3, -0.25) is 9.69 Å². The topological polar surface area (TPSA) is 58.4 Å². The zero-order valence-electron chi connectivity index (χ0n) is 13.6. The minimum Gasteiger partial charge on any atom is -0.355 e. The van der Waals surface area contributed by atoms with Gasteiger partial charge in [0.15, 0.2) is 0 Å². The van der Waals surface area contributed by atoms with Crippen LogP contribution in [0.25, 0.3) is 0 Å². The number of nitrogens with zero attached hydrogens (tertiary/aromatic N) is 1. The van der Waals surface area contributed by atoms with Crippen molar-refractivity contribution in [2.45, 2.75) is 64.8 Å². The second-order valence-electron chi connectivity index (χ2n) is 6.33. The highest BCUT2D eigenvalue weighted by molar-refractivity contribution is 5.78. The fraction of sp³-hybridized carbons (Fsp3) is 0.938. The van der Waals surface area contributed by atoms with Crippen LogP contribution in [0.1, 0.15) is 59.3 Å². The van der Waals surface area contributed by atoms with E-state index in [-0.39, 0.29) is 11.4 Å². The van der Waals surface area contributed by atoms with Crippen molar-refractivity contribution >= 4 is 5.91 Å². The van der Waals surface area contributed by atoms with Crippen molar-refractivity contribution in [1.29, 1.82) is 0 Å². The highest BCUT2D eigenvalue weighted by Crippen LogP contribution is 2.35. The van der Waals surface area contributed by atoms with Crippen molar-refractivity contribution in [2.75, 3.05) is 26.2 Å². The number of hydrogen-bond donors (Lipinski definition) is 2. The number of amides is 1. The fourth-order valence-electron chi connectivity index (χ4n) is 3.20. The molecule has 0 aliphatic heterocycles. The predicted octanol–water partition coefficient (Wildman–Crippen LogP) is 2.13. The van der Waals surface area contributed by atoms with Crippen molar-refractivity contribution in [1.82, 2.24) is 10.2 Å². The SMILES string of the molecule is CCCCNC(=O)CN(CC)C1(CN)CCC(C)CC1. The minimum atomic E-state index is 0.0450. The van der Waals surface area contributed by atoms with Gasteiger partial charge in [-0.15, -0.1) is 0 Å². The maximum atomic E-state index is 12.1. The third kappa shape index (κ3) is 4.74. The number of carbonyl (C=O) groups is 1. The summed E-state index contributed by atoms with van der Waals surface area (Å²) in [5.41, 5.74) is 6.13. The molecule has 20 heavy (non-hydrogen) atoms. The Labute approximate surface area is 124 Å². The first kappa shape index (κ1) is 17.4. The number of likely N-dealkylation sites (N-methyl/N-ethyl adjacent to an activating group) is 1. The van der Waals surface area contributed by atoms with E-state index in [1.165, 1.54) is 12.8 Å². The molecule has 1 saturated carbocycles. The lowest BCUT2D eigenvalue weighted by Crippen LogP contribution is -2.58. The number of nitrogens with one attached hydrogen (secondary N) is 1. The van der Waals surface area contributed by atoms with E-state index in [4.69, 9.17) is 5.73 Å². The van der Waals surface area contributed by atoms with E-state index in [0.29, 0.717) is 13.1 Å². The quantitative estimate of drug-likeness (QED) is 0.671. The second-order valence-corrected chi connectivity index (χ2v) is 6.33. The molecule has 0 radical (unpaired) electrons. The van der Waals surface area contributed by atoms with E-state index >= 15 is 0 Å². The first-order valence-electron chi connectivity index (χ1n) is 8.29. The molecule has 1 fully saturated rings. The molecule has 118 valence electrons. The summed E-state index contributed by atoms with van der Waals surface area (Å²) in [4.78, 5) is 14.4. The molecule has 4 nitrogen and oxygen atoms in total. The molecule has 4 heteroatoms. The molecule has 1 aliphatic carbocycles. The predicted molar refractivity (Wildman–Crippen MR) is 84.6 cm³/mol. The van der Waals surface area contributed by atoms with Crippen molar-refractivity contribution in [3.8, 4) is 0 Å². The molecule has 0 atom stereocenters. The Morgan fingerprint density at radius 1 is 1.35 bits per heavy atom. The first-order chi connectivity index (χ1) is 9.57. The van der Waals surface area contributed by atoms with Gasteiger partial charge in [-0.2, -0.15) is 0 Å². The average Bonchev–Trinajstić information content (AvgIpc) is 2.46. The number of carbonyl (C=O) groups excluding carboxylic acids is 1. The molecule has 0 unspecified atom stereocenters. The molecule has 0 heterocycles. The van der Waals surface area contributed by atoms with Crippen LogP contribution in [0.4, 0.5) is 0 Å². The van der Waals surface area contributed by atoms with E-state index in [1.54, 1.807) is 0 Å². The normalized spacial score (nSPS) is 26.8. The largest absolute Gasteiger partial charge is 0.355 e. The standard InChI is InChI=1S/C16H33N3O/c1-4-6-11-18-15(20)12-19(5-2)16(13-17)9-7-14(3)8-10-16/h14H,4-13,17H2,1-3H3,(H,18,20). The highest BCUT2D eigenvalue weighted by atomic mass is 16.2. The maximum absolute atomic E-state index is 12.1. The molecule has 3 N–H and O–H groups in total. The Kier molecular flexibility index (Phi) is 7.52. The lowest BCUT2D eigenvalue weighted by Gasteiger charge is -2.46. The van der Waals surface area contributed by atoms with Gasteiger partial charge in [0.2, 0.25) is 5.91 Å². The summed E-state index contributed by atoms with van der Waals surface area (Å²) in [6.45, 7) is 9.42. The molecule has 1 rings (SSSR count). The van der Waals surface area contributed by atoms with Gasteiger partial charge < -0.3 is 11.1 Å². The highest BCUT2D eigenvalue weighted by Gasteiger charge is 2.38. The lowest BCUT2D eigenvalue weighted by molar-refractivity contribution is -0.124. The minimum absolute atomic E-state index is 0.0450. The molecule has 0 aromatic rings. The van der Waals surface area contributed by atoms with E-state index in [9.17, 15) is 4.79 Å². The van der Waals surface area contributed by atoms with Crippen LogP contribution >= 0.6 is 0 Å². The summed E-state index contributed by atoms with van der Waals surface area (Å²) < 4.78 is 0. The van der Waals surface area contributed by atoms with Crippen LogP contribution in [-0.2, 0) is 4.79 Å². The van der Waals surface area contributed by atoms with Gasteiger partial charge in [0.25, 0.3) is 0 Å². The molecular weight excluding hydrogens is 250 g/mol. The fourth-order valence-corrected chi connectivity index (χ4v) is 3.20. The van der Waals surface area contributed by atoms with Gasteiger partial charge >= 0.3 is 0 Å². The molecule has 1 amide bonds. The van der Waals surface area contributed by atoms with Crippen molar-refractivity contribution in [2.24, 2.45) is 11.7 Å². The van der Waals surface area contributed by atoms with Gasteiger partial charge in [-0.05, 0) is 44.6 Å². The summed E-state index contributed by atoms with van der Waals surface area (Å²) in [6, 6.07) is 0. The molecule has 0 saturated heterocycles. The average molecular weight is 283 g/mol. The first-order valence-corrected chi connectivity index (χ1v) is 8.29. The maximum Gasteiger partial charge on any atom is 0.234 e. The van der Waals surface area contributed by atoms with Crippen molar-refractivity contribution < 1.29 is 4.79 Å². The monoisotopic (exact) mass is 283 g/mol. The molecule has 0 aromatic carbocycles. The Balaban J connectivity index is 2.56. The van der Waals surface area contributed by atoms with Gasteiger partial charge in [-0.1, -0.05) is 27.2 Å². The Bertz CT molecular complexity index is 285. The Hall–Kier alpha value is -0.610. The molecule has 0 aromatic heterocycles. The molecule has 0 bridgehead atoms. The van der Waals surface area contributed by atoms with Crippen LogP contribution in [0.2, 0.25) is 0 Å². The summed E-state index contributed by atoms with van der Waals surface area (Å²) in [6.07, 6.45) is 6.87. The summed E-state index contributed by atoms with van der Waals surface area (Å²) in [5.74, 6) is 0.943. The van der Waals surface area contributed by atoms with Crippen LogP contribution in [0.3, 0.4) is 0 Å². The molecular formula is C16H33N3O. The van der Waals surface area contributed by atoms with Gasteiger partial charge in [-0.25, -0.2) is 0 Å². The smallest absolute Gasteiger partial charge is 0.234 e. The van der Waals surface area contributed by atoms with E-state index in [2.05, 4.69) is 31.0 Å². The van der Waals surface area contributed by atoms with Gasteiger partial charge in [0.05, 0.1) is 6.54 Å². The third-order valence-corrected chi connectivity index (χ3v) is 4.82. The van der Waals surface area contributed by atoms with Crippen LogP contribution in [0.15, 0.2) is 0 Å². The molecule has 1 aliphatic rings. The number of rotatable bonds is 8. The van der Waals surface area contributed by atoms with E-state index in [1.807, 2.05) is 0 Å². The summed E-state index contributed by atoms with van der Waals surface area (Å²) >= 11 is 0.